The number of ether oxygens (including phenoxy) is 1. The van der Waals surface area contributed by atoms with E-state index < -0.39 is 0 Å². The second-order valence-corrected chi connectivity index (χ2v) is 6.48. The molecule has 106 valence electrons. The maximum atomic E-state index is 5.71. The summed E-state index contributed by atoms with van der Waals surface area (Å²) in [6.45, 7) is 0. The summed E-state index contributed by atoms with van der Waals surface area (Å²) < 4.78 is 11.2. The number of likely N-dealkylation sites (N-methyl/N-ethyl adjacent to an activating group) is 1. The Bertz CT molecular complexity index is 431. The third-order valence-electron chi connectivity index (χ3n) is 4.42. The maximum absolute atomic E-state index is 5.71. The van der Waals surface area contributed by atoms with Gasteiger partial charge in [0.05, 0.1) is 5.92 Å². The molecule has 2 aliphatic rings. The predicted octanol–water partition coefficient (Wildman–Crippen LogP) is 1.90. The topological polar surface area (TPSA) is 60.2 Å². The van der Waals surface area contributed by atoms with Crippen molar-refractivity contribution in [3.63, 3.8) is 0 Å². The molecule has 19 heavy (non-hydrogen) atoms. The lowest BCUT2D eigenvalue weighted by molar-refractivity contribution is -0.0178. The SMILES string of the molecule is CNC1CSCC1c1nc(C2(OC)CCCC2)no1. The molecule has 5 nitrogen and oxygen atoms in total. The van der Waals surface area contributed by atoms with Gasteiger partial charge in [-0.25, -0.2) is 0 Å². The lowest BCUT2D eigenvalue weighted by Gasteiger charge is -2.22. The number of thioether (sulfide) groups is 1. The summed E-state index contributed by atoms with van der Waals surface area (Å²) in [7, 11) is 3.75. The quantitative estimate of drug-likeness (QED) is 0.911. The molecule has 6 heteroatoms. The van der Waals surface area contributed by atoms with Crippen molar-refractivity contribution >= 4 is 11.8 Å². The van der Waals surface area contributed by atoms with E-state index in [0.29, 0.717) is 12.0 Å². The van der Waals surface area contributed by atoms with E-state index in [-0.39, 0.29) is 5.60 Å². The van der Waals surface area contributed by atoms with E-state index in [4.69, 9.17) is 9.26 Å². The van der Waals surface area contributed by atoms with Crippen LogP contribution in [0, 0.1) is 0 Å². The number of aromatic nitrogens is 2. The zero-order chi connectivity index (χ0) is 13.3. The van der Waals surface area contributed by atoms with Crippen molar-refractivity contribution in [1.82, 2.24) is 15.5 Å². The number of rotatable bonds is 4. The van der Waals surface area contributed by atoms with Gasteiger partial charge in [-0.2, -0.15) is 16.7 Å². The standard InChI is InChI=1S/C13H21N3O2S/c1-14-10-8-19-7-9(10)11-15-12(16-18-11)13(17-2)5-3-4-6-13/h9-10,14H,3-8H2,1-2H3. The van der Waals surface area contributed by atoms with Gasteiger partial charge in [0, 0.05) is 24.7 Å². The molecule has 3 rings (SSSR count). The molecule has 1 aliphatic heterocycles. The average Bonchev–Trinajstić information content (AvgIpc) is 3.17. The molecule has 0 bridgehead atoms. The van der Waals surface area contributed by atoms with Crippen molar-refractivity contribution in [2.45, 2.75) is 43.2 Å². The first-order valence-electron chi connectivity index (χ1n) is 6.93. The minimum absolute atomic E-state index is 0.303. The highest BCUT2D eigenvalue weighted by Crippen LogP contribution is 2.41. The Kier molecular flexibility index (Phi) is 3.82. The molecule has 2 heterocycles. The van der Waals surface area contributed by atoms with Gasteiger partial charge >= 0.3 is 0 Å². The van der Waals surface area contributed by atoms with Crippen LogP contribution in [0.15, 0.2) is 4.52 Å². The Hall–Kier alpha value is -0.590. The molecular formula is C13H21N3O2S. The summed E-state index contributed by atoms with van der Waals surface area (Å²) in [6, 6.07) is 0.431. The van der Waals surface area contributed by atoms with Gasteiger partial charge in [0.2, 0.25) is 11.7 Å². The summed E-state index contributed by atoms with van der Waals surface area (Å²) in [5, 5.41) is 7.54. The van der Waals surface area contributed by atoms with Gasteiger partial charge in [-0.05, 0) is 32.7 Å². The molecule has 2 fully saturated rings. The molecule has 1 saturated carbocycles. The van der Waals surface area contributed by atoms with Crippen molar-refractivity contribution in [2.75, 3.05) is 25.7 Å². The van der Waals surface area contributed by atoms with Crippen LogP contribution in [0.2, 0.25) is 0 Å². The van der Waals surface area contributed by atoms with Crippen LogP contribution in [-0.4, -0.2) is 41.8 Å². The van der Waals surface area contributed by atoms with E-state index in [1.807, 2.05) is 18.8 Å². The van der Waals surface area contributed by atoms with E-state index in [2.05, 4.69) is 15.5 Å². The van der Waals surface area contributed by atoms with Crippen molar-refractivity contribution in [3.05, 3.63) is 11.7 Å². The normalized spacial score (nSPS) is 30.0. The second kappa shape index (κ2) is 5.42. The van der Waals surface area contributed by atoms with Crippen molar-refractivity contribution in [1.29, 1.82) is 0 Å². The van der Waals surface area contributed by atoms with Gasteiger partial charge in [-0.3, -0.25) is 0 Å². The monoisotopic (exact) mass is 283 g/mol. The Balaban J connectivity index is 1.83. The van der Waals surface area contributed by atoms with Crippen molar-refractivity contribution in [3.8, 4) is 0 Å². The molecule has 0 aromatic carbocycles. The van der Waals surface area contributed by atoms with Gasteiger partial charge in [0.15, 0.2) is 0 Å². The molecule has 0 amide bonds. The minimum Gasteiger partial charge on any atom is -0.370 e. The zero-order valence-corrected chi connectivity index (χ0v) is 12.3. The summed E-state index contributed by atoms with van der Waals surface area (Å²) in [4.78, 5) is 4.66. The molecule has 1 saturated heterocycles. The number of hydrogen-bond donors (Lipinski definition) is 1. The lowest BCUT2D eigenvalue weighted by atomic mass is 10.0. The van der Waals surface area contributed by atoms with Crippen LogP contribution >= 0.6 is 11.8 Å². The fourth-order valence-corrected chi connectivity index (χ4v) is 4.54. The summed E-state index contributed by atoms with van der Waals surface area (Å²) in [5.41, 5.74) is -0.303. The van der Waals surface area contributed by atoms with Gasteiger partial charge in [-0.1, -0.05) is 5.16 Å². The molecule has 1 N–H and O–H groups in total. The summed E-state index contributed by atoms with van der Waals surface area (Å²) in [5.74, 6) is 3.99. The van der Waals surface area contributed by atoms with Crippen molar-refractivity contribution < 1.29 is 9.26 Å². The smallest absolute Gasteiger partial charge is 0.232 e. The zero-order valence-electron chi connectivity index (χ0n) is 11.5. The number of nitrogens with one attached hydrogen (secondary N) is 1. The summed E-state index contributed by atoms with van der Waals surface area (Å²) in [6.07, 6.45) is 4.35. The van der Waals surface area contributed by atoms with E-state index in [9.17, 15) is 0 Å². The highest BCUT2D eigenvalue weighted by Gasteiger charge is 2.41. The van der Waals surface area contributed by atoms with E-state index in [1.54, 1.807) is 7.11 Å². The average molecular weight is 283 g/mol. The largest absolute Gasteiger partial charge is 0.370 e. The Labute approximate surface area is 117 Å². The molecule has 0 radical (unpaired) electrons. The molecular weight excluding hydrogens is 262 g/mol. The van der Waals surface area contributed by atoms with Crippen LogP contribution in [0.5, 0.6) is 0 Å². The molecule has 0 spiro atoms. The first-order chi connectivity index (χ1) is 9.29. The number of methoxy groups -OCH3 is 1. The Morgan fingerprint density at radius 1 is 1.37 bits per heavy atom. The van der Waals surface area contributed by atoms with Crippen LogP contribution < -0.4 is 5.32 Å². The van der Waals surface area contributed by atoms with Gasteiger partial charge in [0.1, 0.15) is 5.60 Å². The molecule has 1 aliphatic carbocycles. The summed E-state index contributed by atoms with van der Waals surface area (Å²) >= 11 is 1.93. The molecule has 2 atom stereocenters. The minimum atomic E-state index is -0.303. The number of nitrogens with zero attached hydrogens (tertiary/aromatic N) is 2. The van der Waals surface area contributed by atoms with Gasteiger partial charge in [-0.15, -0.1) is 0 Å². The first kappa shape index (κ1) is 13.4. The third kappa shape index (κ3) is 2.30. The Morgan fingerprint density at radius 2 is 2.16 bits per heavy atom. The third-order valence-corrected chi connectivity index (χ3v) is 5.61. The van der Waals surface area contributed by atoms with Gasteiger partial charge < -0.3 is 14.6 Å². The van der Waals surface area contributed by atoms with Crippen LogP contribution in [-0.2, 0) is 10.3 Å². The number of hydrogen-bond acceptors (Lipinski definition) is 6. The lowest BCUT2D eigenvalue weighted by Crippen LogP contribution is -2.31. The fraction of sp³-hybridized carbons (Fsp3) is 0.846. The van der Waals surface area contributed by atoms with Gasteiger partial charge in [0.25, 0.3) is 0 Å². The van der Waals surface area contributed by atoms with E-state index in [1.165, 1.54) is 12.8 Å². The second-order valence-electron chi connectivity index (χ2n) is 5.40. The van der Waals surface area contributed by atoms with Crippen LogP contribution in [0.25, 0.3) is 0 Å². The van der Waals surface area contributed by atoms with E-state index >= 15 is 0 Å². The predicted molar refractivity (Wildman–Crippen MR) is 74.4 cm³/mol. The highest BCUT2D eigenvalue weighted by molar-refractivity contribution is 7.99. The first-order valence-corrected chi connectivity index (χ1v) is 8.09. The fourth-order valence-electron chi connectivity index (χ4n) is 3.12. The van der Waals surface area contributed by atoms with Crippen LogP contribution in [0.3, 0.4) is 0 Å². The molecule has 2 unspecified atom stereocenters. The van der Waals surface area contributed by atoms with Crippen LogP contribution in [0.1, 0.15) is 43.3 Å². The molecule has 1 aromatic heterocycles. The van der Waals surface area contributed by atoms with Crippen molar-refractivity contribution in [2.24, 2.45) is 0 Å². The molecule has 1 aromatic rings. The Morgan fingerprint density at radius 3 is 2.84 bits per heavy atom. The van der Waals surface area contributed by atoms with E-state index in [0.717, 1.165) is 36.1 Å². The maximum Gasteiger partial charge on any atom is 0.232 e. The van der Waals surface area contributed by atoms with Crippen LogP contribution in [0.4, 0.5) is 0 Å². The highest BCUT2D eigenvalue weighted by atomic mass is 32.2.